The van der Waals surface area contributed by atoms with Crippen molar-refractivity contribution in [3.63, 3.8) is 0 Å². The van der Waals surface area contributed by atoms with Crippen LogP contribution in [-0.2, 0) is 0 Å². The number of pyridine rings is 1. The maximum atomic E-state index is 5.80. The number of rotatable bonds is 7. The summed E-state index contributed by atoms with van der Waals surface area (Å²) in [6.07, 6.45) is 0. The highest BCUT2D eigenvalue weighted by molar-refractivity contribution is 5.81. The van der Waals surface area contributed by atoms with Crippen LogP contribution >= 0.6 is 0 Å². The van der Waals surface area contributed by atoms with Gasteiger partial charge in [-0.1, -0.05) is 18.2 Å². The summed E-state index contributed by atoms with van der Waals surface area (Å²) in [5.74, 6) is 1.72. The van der Waals surface area contributed by atoms with Crippen LogP contribution in [0.3, 0.4) is 0 Å². The second-order valence-electron chi connectivity index (χ2n) is 6.75. The Morgan fingerprint density at radius 1 is 0.815 bits per heavy atom. The molecule has 0 unspecified atom stereocenters. The summed E-state index contributed by atoms with van der Waals surface area (Å²) in [6.45, 7) is 3.58. The molecule has 3 rings (SSSR count). The van der Waals surface area contributed by atoms with Gasteiger partial charge in [0.1, 0.15) is 18.1 Å². The van der Waals surface area contributed by atoms with E-state index in [0.717, 1.165) is 46.1 Å². The quantitative estimate of drug-likeness (QED) is 0.612. The third-order valence-corrected chi connectivity index (χ3v) is 4.37. The third-order valence-electron chi connectivity index (χ3n) is 4.37. The van der Waals surface area contributed by atoms with E-state index in [-0.39, 0.29) is 0 Å². The highest BCUT2D eigenvalue weighted by Gasteiger charge is 2.10. The zero-order chi connectivity index (χ0) is 19.2. The monoisotopic (exact) mass is 362 g/mol. The Labute approximate surface area is 161 Å². The fraction of sp³-hybridized carbons (Fsp3) is 0.261. The van der Waals surface area contributed by atoms with Crippen LogP contribution < -0.4 is 9.47 Å². The topological polar surface area (TPSA) is 34.6 Å². The fourth-order valence-electron chi connectivity index (χ4n) is 2.84. The van der Waals surface area contributed by atoms with Gasteiger partial charge in [0, 0.05) is 23.4 Å². The van der Waals surface area contributed by atoms with Crippen molar-refractivity contribution in [3.8, 4) is 33.9 Å². The van der Waals surface area contributed by atoms with Crippen molar-refractivity contribution in [2.75, 3.05) is 34.4 Å². The molecule has 0 amide bonds. The Hall–Kier alpha value is -2.85. The Bertz CT molecular complexity index is 872. The molecule has 0 bridgehead atoms. The van der Waals surface area contributed by atoms with Crippen molar-refractivity contribution in [3.05, 3.63) is 66.4 Å². The van der Waals surface area contributed by atoms with E-state index in [1.807, 2.05) is 51.4 Å². The zero-order valence-electron chi connectivity index (χ0n) is 16.4. The maximum Gasteiger partial charge on any atom is 0.119 e. The van der Waals surface area contributed by atoms with Crippen molar-refractivity contribution in [1.82, 2.24) is 9.88 Å². The van der Waals surface area contributed by atoms with Crippen molar-refractivity contribution >= 4 is 0 Å². The molecule has 0 aliphatic carbocycles. The van der Waals surface area contributed by atoms with E-state index in [1.54, 1.807) is 7.11 Å². The highest BCUT2D eigenvalue weighted by atomic mass is 16.5. The lowest BCUT2D eigenvalue weighted by Gasteiger charge is -2.13. The molecule has 0 saturated carbocycles. The molecule has 140 valence electrons. The van der Waals surface area contributed by atoms with Crippen LogP contribution in [0.4, 0.5) is 0 Å². The van der Waals surface area contributed by atoms with E-state index in [4.69, 9.17) is 14.5 Å². The van der Waals surface area contributed by atoms with E-state index < -0.39 is 0 Å². The third kappa shape index (κ3) is 4.86. The van der Waals surface area contributed by atoms with Crippen LogP contribution in [0.2, 0.25) is 0 Å². The van der Waals surface area contributed by atoms with E-state index in [9.17, 15) is 0 Å². The summed E-state index contributed by atoms with van der Waals surface area (Å²) < 4.78 is 11.1. The van der Waals surface area contributed by atoms with Crippen LogP contribution in [0.5, 0.6) is 11.5 Å². The summed E-state index contributed by atoms with van der Waals surface area (Å²) in [7, 11) is 5.75. The smallest absolute Gasteiger partial charge is 0.119 e. The molecular formula is C23H26N2O2. The summed E-state index contributed by atoms with van der Waals surface area (Å²) in [5.41, 5.74) is 5.26. The predicted octanol–water partition coefficient (Wildman–Crippen LogP) is 4.67. The Morgan fingerprint density at radius 3 is 2.07 bits per heavy atom. The average Bonchev–Trinajstić information content (AvgIpc) is 2.68. The fourth-order valence-corrected chi connectivity index (χ4v) is 2.84. The van der Waals surface area contributed by atoms with E-state index in [0.29, 0.717) is 6.61 Å². The molecular weight excluding hydrogens is 336 g/mol. The van der Waals surface area contributed by atoms with E-state index in [2.05, 4.69) is 35.2 Å². The van der Waals surface area contributed by atoms with Gasteiger partial charge in [-0.15, -0.1) is 0 Å². The van der Waals surface area contributed by atoms with Crippen molar-refractivity contribution in [2.45, 2.75) is 6.92 Å². The molecule has 0 saturated heterocycles. The largest absolute Gasteiger partial charge is 0.497 e. The van der Waals surface area contributed by atoms with Gasteiger partial charge in [0.15, 0.2) is 0 Å². The first-order chi connectivity index (χ1) is 13.1. The number of hydrogen-bond donors (Lipinski definition) is 0. The molecule has 0 aliphatic rings. The summed E-state index contributed by atoms with van der Waals surface area (Å²) in [5, 5.41) is 0. The standard InChI is InChI=1S/C23H26N2O2/c1-17-5-14-22(18-6-10-20(26-4)11-7-18)23(24-17)19-8-12-21(13-9-19)27-16-15-25(2)3/h5-14H,15-16H2,1-4H3. The van der Waals surface area contributed by atoms with Gasteiger partial charge in [-0.3, -0.25) is 4.98 Å². The molecule has 0 spiro atoms. The zero-order valence-corrected chi connectivity index (χ0v) is 16.4. The number of aryl methyl sites for hydroxylation is 1. The normalized spacial score (nSPS) is 10.9. The second kappa shape index (κ2) is 8.69. The molecule has 2 aromatic carbocycles. The molecule has 4 nitrogen and oxygen atoms in total. The van der Waals surface area contributed by atoms with Gasteiger partial charge in [-0.2, -0.15) is 0 Å². The van der Waals surface area contributed by atoms with Gasteiger partial charge in [0.25, 0.3) is 0 Å². The molecule has 1 heterocycles. The van der Waals surface area contributed by atoms with Crippen LogP contribution in [0, 0.1) is 6.92 Å². The lowest BCUT2D eigenvalue weighted by molar-refractivity contribution is 0.261. The first-order valence-corrected chi connectivity index (χ1v) is 9.07. The van der Waals surface area contributed by atoms with Gasteiger partial charge >= 0.3 is 0 Å². The molecule has 0 atom stereocenters. The average molecular weight is 362 g/mol. The molecule has 27 heavy (non-hydrogen) atoms. The first-order valence-electron chi connectivity index (χ1n) is 9.07. The van der Waals surface area contributed by atoms with E-state index >= 15 is 0 Å². The molecule has 4 heteroatoms. The van der Waals surface area contributed by atoms with Crippen molar-refractivity contribution < 1.29 is 9.47 Å². The summed E-state index contributed by atoms with van der Waals surface area (Å²) in [6, 6.07) is 20.4. The van der Waals surface area contributed by atoms with Gasteiger partial charge in [-0.05, 0) is 69.0 Å². The number of likely N-dealkylation sites (N-methyl/N-ethyl adjacent to an activating group) is 1. The molecule has 0 N–H and O–H groups in total. The Kier molecular flexibility index (Phi) is 6.09. The van der Waals surface area contributed by atoms with Crippen LogP contribution in [0.25, 0.3) is 22.4 Å². The molecule has 3 aromatic rings. The van der Waals surface area contributed by atoms with Crippen LogP contribution in [0.1, 0.15) is 5.69 Å². The van der Waals surface area contributed by atoms with Gasteiger partial charge < -0.3 is 14.4 Å². The summed E-state index contributed by atoms with van der Waals surface area (Å²) >= 11 is 0. The Balaban J connectivity index is 1.88. The highest BCUT2D eigenvalue weighted by Crippen LogP contribution is 2.32. The molecule has 0 radical (unpaired) electrons. The van der Waals surface area contributed by atoms with Crippen LogP contribution in [-0.4, -0.2) is 44.2 Å². The van der Waals surface area contributed by atoms with Gasteiger partial charge in [0.05, 0.1) is 12.8 Å². The van der Waals surface area contributed by atoms with Crippen LogP contribution in [0.15, 0.2) is 60.7 Å². The first kappa shape index (κ1) is 18.9. The van der Waals surface area contributed by atoms with Gasteiger partial charge in [0.2, 0.25) is 0 Å². The second-order valence-corrected chi connectivity index (χ2v) is 6.75. The minimum absolute atomic E-state index is 0.673. The minimum Gasteiger partial charge on any atom is -0.497 e. The predicted molar refractivity (Wildman–Crippen MR) is 110 cm³/mol. The maximum absolute atomic E-state index is 5.80. The number of ether oxygens (including phenoxy) is 2. The number of hydrogen-bond acceptors (Lipinski definition) is 4. The van der Waals surface area contributed by atoms with Crippen molar-refractivity contribution in [2.24, 2.45) is 0 Å². The SMILES string of the molecule is COc1ccc(-c2ccc(C)nc2-c2ccc(OCCN(C)C)cc2)cc1. The molecule has 0 fully saturated rings. The lowest BCUT2D eigenvalue weighted by atomic mass is 9.98. The van der Waals surface area contributed by atoms with Crippen molar-refractivity contribution in [1.29, 1.82) is 0 Å². The Morgan fingerprint density at radius 2 is 1.44 bits per heavy atom. The number of benzene rings is 2. The van der Waals surface area contributed by atoms with E-state index in [1.165, 1.54) is 0 Å². The van der Waals surface area contributed by atoms with Gasteiger partial charge in [-0.25, -0.2) is 0 Å². The minimum atomic E-state index is 0.673. The molecule has 0 aliphatic heterocycles. The summed E-state index contributed by atoms with van der Waals surface area (Å²) in [4.78, 5) is 6.90. The number of aromatic nitrogens is 1. The number of nitrogens with zero attached hydrogens (tertiary/aromatic N) is 2. The molecule has 1 aromatic heterocycles. The lowest BCUT2D eigenvalue weighted by Crippen LogP contribution is -2.19. The number of methoxy groups -OCH3 is 1.